The van der Waals surface area contributed by atoms with Crippen LogP contribution in [0.15, 0.2) is 46.9 Å². The van der Waals surface area contributed by atoms with E-state index in [0.717, 1.165) is 16.5 Å². The lowest BCUT2D eigenvalue weighted by molar-refractivity contribution is 0.625. The Morgan fingerprint density at radius 3 is 2.31 bits per heavy atom. The second kappa shape index (κ2) is 4.79. The molecule has 0 N–H and O–H groups in total. The molecule has 0 bridgehead atoms. The molecule has 0 unspecified atom stereocenters. The minimum atomic E-state index is -0.198. The van der Waals surface area contributed by atoms with Crippen LogP contribution in [0.5, 0.6) is 0 Å². The van der Waals surface area contributed by atoms with Crippen LogP contribution in [0.3, 0.4) is 0 Å². The molecule has 0 aliphatic rings. The van der Waals surface area contributed by atoms with Gasteiger partial charge in [0.15, 0.2) is 0 Å². The highest BCUT2D eigenvalue weighted by molar-refractivity contribution is 9.10. The van der Waals surface area contributed by atoms with Gasteiger partial charge in [0.25, 0.3) is 0 Å². The average molecular weight is 279 g/mol. The molecule has 82 valence electrons. The highest BCUT2D eigenvalue weighted by Crippen LogP contribution is 2.18. The van der Waals surface area contributed by atoms with Crippen LogP contribution in [-0.4, -0.2) is 0 Å². The molecule has 0 heterocycles. The zero-order valence-corrected chi connectivity index (χ0v) is 10.6. The number of rotatable bonds is 2. The number of benzene rings is 2. The maximum absolute atomic E-state index is 13.2. The van der Waals surface area contributed by atoms with Crippen LogP contribution in [0.2, 0.25) is 0 Å². The average Bonchev–Trinajstić information content (AvgIpc) is 2.20. The summed E-state index contributed by atoms with van der Waals surface area (Å²) >= 11 is 3.30. The van der Waals surface area contributed by atoms with Gasteiger partial charge in [0, 0.05) is 4.47 Å². The summed E-state index contributed by atoms with van der Waals surface area (Å²) in [6.07, 6.45) is 0.761. The monoisotopic (exact) mass is 278 g/mol. The first kappa shape index (κ1) is 11.3. The van der Waals surface area contributed by atoms with E-state index in [1.54, 1.807) is 6.07 Å². The van der Waals surface area contributed by atoms with Crippen molar-refractivity contribution in [2.75, 3.05) is 0 Å². The topological polar surface area (TPSA) is 0 Å². The molecule has 0 nitrogen and oxygen atoms in total. The van der Waals surface area contributed by atoms with Crippen molar-refractivity contribution in [1.82, 2.24) is 0 Å². The zero-order chi connectivity index (χ0) is 11.5. The Labute approximate surface area is 103 Å². The van der Waals surface area contributed by atoms with Gasteiger partial charge in [0.2, 0.25) is 0 Å². The largest absolute Gasteiger partial charge is 0.207 e. The summed E-state index contributed by atoms with van der Waals surface area (Å²) in [5.74, 6) is -0.198. The standard InChI is InChI=1S/C14H12BrF/c1-10-2-4-11(5-3-10)6-12-7-13(15)9-14(16)8-12/h2-5,7-9H,6H2,1H3. The zero-order valence-electron chi connectivity index (χ0n) is 9.00. The Hall–Kier alpha value is -1.15. The van der Waals surface area contributed by atoms with Crippen molar-refractivity contribution in [3.05, 3.63) is 69.4 Å². The molecule has 2 aromatic carbocycles. The molecule has 16 heavy (non-hydrogen) atoms. The van der Waals surface area contributed by atoms with E-state index in [1.165, 1.54) is 17.2 Å². The SMILES string of the molecule is Cc1ccc(Cc2cc(F)cc(Br)c2)cc1. The first-order valence-electron chi connectivity index (χ1n) is 5.14. The van der Waals surface area contributed by atoms with E-state index >= 15 is 0 Å². The summed E-state index contributed by atoms with van der Waals surface area (Å²) in [6.45, 7) is 2.06. The predicted molar refractivity (Wildman–Crippen MR) is 68.1 cm³/mol. The third kappa shape index (κ3) is 2.92. The van der Waals surface area contributed by atoms with E-state index in [2.05, 4.69) is 47.1 Å². The molecule has 0 saturated heterocycles. The fraction of sp³-hybridized carbons (Fsp3) is 0.143. The van der Waals surface area contributed by atoms with Crippen molar-refractivity contribution in [3.8, 4) is 0 Å². The van der Waals surface area contributed by atoms with E-state index in [1.807, 2.05) is 6.07 Å². The molecule has 2 aromatic rings. The molecule has 0 fully saturated rings. The van der Waals surface area contributed by atoms with Crippen molar-refractivity contribution >= 4 is 15.9 Å². The normalized spacial score (nSPS) is 10.4. The molecule has 0 atom stereocenters. The van der Waals surface area contributed by atoms with Gasteiger partial charge in [-0.3, -0.25) is 0 Å². The van der Waals surface area contributed by atoms with Crippen molar-refractivity contribution in [1.29, 1.82) is 0 Å². The van der Waals surface area contributed by atoms with Gasteiger partial charge < -0.3 is 0 Å². The van der Waals surface area contributed by atoms with E-state index in [0.29, 0.717) is 0 Å². The Morgan fingerprint density at radius 2 is 1.69 bits per heavy atom. The lowest BCUT2D eigenvalue weighted by atomic mass is 10.0. The quantitative estimate of drug-likeness (QED) is 0.760. The van der Waals surface area contributed by atoms with E-state index in [4.69, 9.17) is 0 Å². The maximum atomic E-state index is 13.2. The first-order valence-corrected chi connectivity index (χ1v) is 5.93. The fourth-order valence-corrected chi connectivity index (χ4v) is 2.17. The van der Waals surface area contributed by atoms with Gasteiger partial charge >= 0.3 is 0 Å². The van der Waals surface area contributed by atoms with Gasteiger partial charge in [-0.1, -0.05) is 45.8 Å². The molecule has 2 heteroatoms. The molecular weight excluding hydrogens is 267 g/mol. The molecule has 0 saturated carbocycles. The number of aryl methyl sites for hydroxylation is 1. The second-order valence-electron chi connectivity index (χ2n) is 3.94. The Balaban J connectivity index is 2.23. The Kier molecular flexibility index (Phi) is 3.39. The van der Waals surface area contributed by atoms with Gasteiger partial charge in [0.05, 0.1) is 0 Å². The number of halogens is 2. The summed E-state index contributed by atoms with van der Waals surface area (Å²) in [6, 6.07) is 13.3. The summed E-state index contributed by atoms with van der Waals surface area (Å²) in [5, 5.41) is 0. The second-order valence-corrected chi connectivity index (χ2v) is 4.86. The summed E-state index contributed by atoms with van der Waals surface area (Å²) in [4.78, 5) is 0. The third-order valence-electron chi connectivity index (χ3n) is 2.45. The molecule has 0 amide bonds. The smallest absolute Gasteiger partial charge is 0.124 e. The molecule has 0 spiro atoms. The Bertz CT molecular complexity index is 468. The van der Waals surface area contributed by atoms with Crippen LogP contribution >= 0.6 is 15.9 Å². The van der Waals surface area contributed by atoms with Gasteiger partial charge in [-0.15, -0.1) is 0 Å². The van der Waals surface area contributed by atoms with Crippen LogP contribution < -0.4 is 0 Å². The maximum Gasteiger partial charge on any atom is 0.124 e. The lowest BCUT2D eigenvalue weighted by Gasteiger charge is -2.03. The van der Waals surface area contributed by atoms with Crippen molar-refractivity contribution in [2.24, 2.45) is 0 Å². The van der Waals surface area contributed by atoms with Gasteiger partial charge in [0.1, 0.15) is 5.82 Å². The third-order valence-corrected chi connectivity index (χ3v) is 2.91. The number of hydrogen-bond acceptors (Lipinski definition) is 0. The molecule has 2 rings (SSSR count). The first-order chi connectivity index (χ1) is 7.63. The minimum absolute atomic E-state index is 0.198. The van der Waals surface area contributed by atoms with E-state index in [-0.39, 0.29) is 5.82 Å². The highest BCUT2D eigenvalue weighted by Gasteiger charge is 2.00. The van der Waals surface area contributed by atoms with Crippen LogP contribution in [0.25, 0.3) is 0 Å². The molecule has 0 aromatic heterocycles. The van der Waals surface area contributed by atoms with Crippen molar-refractivity contribution in [3.63, 3.8) is 0 Å². The predicted octanol–water partition coefficient (Wildman–Crippen LogP) is 4.49. The highest BCUT2D eigenvalue weighted by atomic mass is 79.9. The number of hydrogen-bond donors (Lipinski definition) is 0. The molecule has 0 radical (unpaired) electrons. The van der Waals surface area contributed by atoms with Crippen molar-refractivity contribution < 1.29 is 4.39 Å². The van der Waals surface area contributed by atoms with Crippen LogP contribution in [0.4, 0.5) is 4.39 Å². The summed E-state index contributed by atoms with van der Waals surface area (Å²) < 4.78 is 14.0. The summed E-state index contributed by atoms with van der Waals surface area (Å²) in [7, 11) is 0. The minimum Gasteiger partial charge on any atom is -0.207 e. The Morgan fingerprint density at radius 1 is 1.00 bits per heavy atom. The van der Waals surface area contributed by atoms with Gasteiger partial charge in [-0.25, -0.2) is 4.39 Å². The van der Waals surface area contributed by atoms with Crippen molar-refractivity contribution in [2.45, 2.75) is 13.3 Å². The molecule has 0 aliphatic carbocycles. The fourth-order valence-electron chi connectivity index (χ4n) is 1.65. The van der Waals surface area contributed by atoms with Gasteiger partial charge in [-0.2, -0.15) is 0 Å². The molecular formula is C14H12BrF. The summed E-state index contributed by atoms with van der Waals surface area (Å²) in [5.41, 5.74) is 3.42. The molecule has 0 aliphatic heterocycles. The van der Waals surface area contributed by atoms with Crippen LogP contribution in [-0.2, 0) is 6.42 Å². The van der Waals surface area contributed by atoms with Crippen LogP contribution in [0.1, 0.15) is 16.7 Å². The van der Waals surface area contributed by atoms with E-state index in [9.17, 15) is 4.39 Å². The van der Waals surface area contributed by atoms with E-state index < -0.39 is 0 Å². The lowest BCUT2D eigenvalue weighted by Crippen LogP contribution is -1.89. The van der Waals surface area contributed by atoms with Gasteiger partial charge in [-0.05, 0) is 42.7 Å². The van der Waals surface area contributed by atoms with Crippen LogP contribution in [0, 0.1) is 12.7 Å².